The quantitative estimate of drug-likeness (QED) is 0.175. The Labute approximate surface area is 288 Å². The predicted molar refractivity (Wildman–Crippen MR) is 190 cm³/mol. The number of benzene rings is 4. The Balaban J connectivity index is 1.85. The lowest BCUT2D eigenvalue weighted by Gasteiger charge is -2.35. The van der Waals surface area contributed by atoms with E-state index in [-0.39, 0.29) is 23.8 Å². The van der Waals surface area contributed by atoms with Gasteiger partial charge in [0.15, 0.2) is 0 Å². The van der Waals surface area contributed by atoms with Crippen LogP contribution in [0, 0.1) is 20.8 Å². The number of sulfonamides is 1. The van der Waals surface area contributed by atoms with Crippen LogP contribution >= 0.6 is 23.2 Å². The van der Waals surface area contributed by atoms with Gasteiger partial charge in [0, 0.05) is 18.5 Å². The molecule has 4 aromatic rings. The maximum Gasteiger partial charge on any atom is 0.264 e. The van der Waals surface area contributed by atoms with Crippen molar-refractivity contribution in [3.05, 3.63) is 129 Å². The van der Waals surface area contributed by atoms with Crippen molar-refractivity contribution >= 4 is 50.7 Å². The summed E-state index contributed by atoms with van der Waals surface area (Å²) in [6.45, 7) is 10.7. The third-order valence-electron chi connectivity index (χ3n) is 7.77. The topological polar surface area (TPSA) is 86.8 Å². The Morgan fingerprint density at radius 3 is 2.04 bits per heavy atom. The average Bonchev–Trinajstić information content (AvgIpc) is 3.00. The second-order valence-corrected chi connectivity index (χ2v) is 15.5. The number of aryl methyl sites for hydroxylation is 3. The summed E-state index contributed by atoms with van der Waals surface area (Å²) in [4.78, 5) is 30.2. The fraction of sp³-hybridized carbons (Fsp3) is 0.297. The van der Waals surface area contributed by atoms with Crippen molar-refractivity contribution in [3.63, 3.8) is 0 Å². The van der Waals surface area contributed by atoms with E-state index >= 15 is 0 Å². The molecule has 1 atom stereocenters. The molecule has 0 heterocycles. The van der Waals surface area contributed by atoms with Crippen LogP contribution in [0.3, 0.4) is 0 Å². The highest BCUT2D eigenvalue weighted by Gasteiger charge is 2.35. The number of rotatable bonds is 11. The van der Waals surface area contributed by atoms with Crippen LogP contribution in [0.4, 0.5) is 5.69 Å². The van der Waals surface area contributed by atoms with Crippen LogP contribution in [0.1, 0.15) is 48.6 Å². The number of carbonyl (C=O) groups excluding carboxylic acids is 2. The lowest BCUT2D eigenvalue weighted by atomic mass is 10.0. The zero-order valence-electron chi connectivity index (χ0n) is 27.6. The van der Waals surface area contributed by atoms with E-state index in [4.69, 9.17) is 23.2 Å². The van der Waals surface area contributed by atoms with Crippen molar-refractivity contribution in [2.45, 2.75) is 71.0 Å². The van der Waals surface area contributed by atoms with E-state index in [0.717, 1.165) is 26.6 Å². The Bertz CT molecular complexity index is 1840. The van der Waals surface area contributed by atoms with E-state index in [0.29, 0.717) is 21.3 Å². The summed E-state index contributed by atoms with van der Waals surface area (Å²) in [5, 5.41) is 3.68. The number of halogens is 2. The molecule has 4 aromatic carbocycles. The predicted octanol–water partition coefficient (Wildman–Crippen LogP) is 7.67. The minimum Gasteiger partial charge on any atom is -0.350 e. The monoisotopic (exact) mass is 693 g/mol. The molecule has 0 unspecified atom stereocenters. The zero-order valence-corrected chi connectivity index (χ0v) is 29.9. The van der Waals surface area contributed by atoms with E-state index in [9.17, 15) is 18.0 Å². The minimum absolute atomic E-state index is 0.0177. The molecule has 248 valence electrons. The van der Waals surface area contributed by atoms with Gasteiger partial charge in [0.05, 0.1) is 20.6 Å². The summed E-state index contributed by atoms with van der Waals surface area (Å²) in [7, 11) is -4.20. The van der Waals surface area contributed by atoms with Gasteiger partial charge in [-0.25, -0.2) is 8.42 Å². The number of hydrogen-bond donors (Lipinski definition) is 1. The first-order valence-corrected chi connectivity index (χ1v) is 17.5. The van der Waals surface area contributed by atoms with Crippen molar-refractivity contribution in [3.8, 4) is 0 Å². The van der Waals surface area contributed by atoms with Crippen molar-refractivity contribution in [1.82, 2.24) is 10.2 Å². The molecule has 0 saturated carbocycles. The molecular formula is C37H41Cl2N3O4S. The molecule has 0 saturated heterocycles. The van der Waals surface area contributed by atoms with E-state index in [1.165, 1.54) is 17.0 Å². The van der Waals surface area contributed by atoms with Crippen molar-refractivity contribution in [2.24, 2.45) is 0 Å². The fourth-order valence-corrected chi connectivity index (χ4v) is 6.82. The first-order valence-electron chi connectivity index (χ1n) is 15.3. The highest BCUT2D eigenvalue weighted by molar-refractivity contribution is 7.92. The summed E-state index contributed by atoms with van der Waals surface area (Å²) < 4.78 is 29.7. The smallest absolute Gasteiger partial charge is 0.264 e. The van der Waals surface area contributed by atoms with Crippen molar-refractivity contribution in [2.75, 3.05) is 10.8 Å². The molecule has 1 N–H and O–H groups in total. The number of nitrogens with zero attached hydrogens (tertiary/aromatic N) is 2. The number of anilines is 1. The van der Waals surface area contributed by atoms with E-state index in [1.807, 2.05) is 77.9 Å². The third-order valence-corrected chi connectivity index (χ3v) is 10.3. The molecule has 10 heteroatoms. The average molecular weight is 695 g/mol. The van der Waals surface area contributed by atoms with Gasteiger partial charge in [-0.15, -0.1) is 0 Å². The maximum atomic E-state index is 14.6. The molecule has 47 heavy (non-hydrogen) atoms. The molecule has 4 rings (SSSR count). The highest BCUT2D eigenvalue weighted by Crippen LogP contribution is 2.28. The van der Waals surface area contributed by atoms with Crippen LogP contribution in [-0.2, 0) is 32.6 Å². The van der Waals surface area contributed by atoms with Gasteiger partial charge >= 0.3 is 0 Å². The summed E-state index contributed by atoms with van der Waals surface area (Å²) in [6.07, 6.45) is 0.199. The standard InChI is InChI=1S/C37H41Cl2N3O4S/c1-25-12-17-31(18-13-25)47(45,46)42(30-16-14-26(2)27(3)20-30)24-35(43)41(23-29-15-19-32(38)33(39)21-29)34(36(44)40-37(4,5)6)22-28-10-8-7-9-11-28/h7-21,34H,22-24H2,1-6H3,(H,40,44)/t34-/m1/s1. The summed E-state index contributed by atoms with van der Waals surface area (Å²) in [5.74, 6) is -0.927. The van der Waals surface area contributed by atoms with Crippen molar-refractivity contribution < 1.29 is 18.0 Å². The van der Waals surface area contributed by atoms with Gasteiger partial charge in [0.1, 0.15) is 12.6 Å². The molecule has 7 nitrogen and oxygen atoms in total. The van der Waals surface area contributed by atoms with Crippen LogP contribution in [0.2, 0.25) is 10.0 Å². The van der Waals surface area contributed by atoms with E-state index in [2.05, 4.69) is 5.32 Å². The molecule has 0 aliphatic carbocycles. The normalized spacial score (nSPS) is 12.3. The molecular weight excluding hydrogens is 653 g/mol. The van der Waals surface area contributed by atoms with E-state index < -0.39 is 34.1 Å². The lowest BCUT2D eigenvalue weighted by Crippen LogP contribution is -2.56. The fourth-order valence-electron chi connectivity index (χ4n) is 5.09. The van der Waals surface area contributed by atoms with Crippen LogP contribution in [0.15, 0.2) is 95.9 Å². The number of nitrogens with one attached hydrogen (secondary N) is 1. The van der Waals surface area contributed by atoms with Crippen LogP contribution < -0.4 is 9.62 Å². The van der Waals surface area contributed by atoms with Gasteiger partial charge in [-0.3, -0.25) is 13.9 Å². The van der Waals surface area contributed by atoms with Crippen molar-refractivity contribution in [1.29, 1.82) is 0 Å². The largest absolute Gasteiger partial charge is 0.350 e. The van der Waals surface area contributed by atoms with E-state index in [1.54, 1.807) is 42.5 Å². The van der Waals surface area contributed by atoms with Gasteiger partial charge in [-0.2, -0.15) is 0 Å². The first kappa shape index (κ1) is 36.0. The molecule has 0 fully saturated rings. The molecule has 0 spiro atoms. The number of carbonyl (C=O) groups is 2. The third kappa shape index (κ3) is 9.37. The Kier molecular flexibility index (Phi) is 11.4. The number of hydrogen-bond acceptors (Lipinski definition) is 4. The van der Waals surface area contributed by atoms with Gasteiger partial charge in [-0.1, -0.05) is 83.4 Å². The summed E-state index contributed by atoms with van der Waals surface area (Å²) in [5.41, 5.74) is 3.98. The molecule has 0 aliphatic heterocycles. The Morgan fingerprint density at radius 2 is 1.45 bits per heavy atom. The van der Waals surface area contributed by atoms with Gasteiger partial charge in [0.2, 0.25) is 11.8 Å². The molecule has 0 bridgehead atoms. The van der Waals surface area contributed by atoms with Gasteiger partial charge in [-0.05, 0) is 100 Å². The highest BCUT2D eigenvalue weighted by atomic mass is 35.5. The molecule has 0 radical (unpaired) electrons. The lowest BCUT2D eigenvalue weighted by molar-refractivity contribution is -0.140. The summed E-state index contributed by atoms with van der Waals surface area (Å²) in [6, 6.07) is 25.2. The summed E-state index contributed by atoms with van der Waals surface area (Å²) >= 11 is 12.6. The molecule has 0 aromatic heterocycles. The Morgan fingerprint density at radius 1 is 0.787 bits per heavy atom. The molecule has 2 amide bonds. The van der Waals surface area contributed by atoms with Gasteiger partial charge < -0.3 is 10.2 Å². The van der Waals surface area contributed by atoms with Gasteiger partial charge in [0.25, 0.3) is 10.0 Å². The molecule has 0 aliphatic rings. The maximum absolute atomic E-state index is 14.6. The number of amides is 2. The second-order valence-electron chi connectivity index (χ2n) is 12.8. The Hall–Kier alpha value is -3.85. The van der Waals surface area contributed by atoms with Crippen LogP contribution in [-0.4, -0.2) is 43.3 Å². The first-order chi connectivity index (χ1) is 22.0. The SMILES string of the molecule is Cc1ccc(S(=O)(=O)N(CC(=O)N(Cc2ccc(Cl)c(Cl)c2)[C@H](Cc2ccccc2)C(=O)NC(C)(C)C)c2ccc(C)c(C)c2)cc1. The van der Waals surface area contributed by atoms with Crippen LogP contribution in [0.25, 0.3) is 0 Å². The second kappa shape index (κ2) is 14.9. The minimum atomic E-state index is -4.20. The zero-order chi connectivity index (χ0) is 34.5. The van der Waals surface area contributed by atoms with Crippen LogP contribution in [0.5, 0.6) is 0 Å².